The summed E-state index contributed by atoms with van der Waals surface area (Å²) in [5, 5.41) is 15.5. The lowest BCUT2D eigenvalue weighted by Gasteiger charge is -2.30. The quantitative estimate of drug-likeness (QED) is 0.782. The largest absolute Gasteiger partial charge is 0.394 e. The van der Waals surface area contributed by atoms with Crippen molar-refractivity contribution in [3.05, 3.63) is 48.0 Å². The summed E-state index contributed by atoms with van der Waals surface area (Å²) in [7, 11) is 1.68. The van der Waals surface area contributed by atoms with E-state index < -0.39 is 5.54 Å². The van der Waals surface area contributed by atoms with Crippen molar-refractivity contribution in [2.45, 2.75) is 12.5 Å². The molecule has 0 radical (unpaired) electrons. The minimum absolute atomic E-state index is 0.0464. The number of aliphatic hydroxyl groups is 1. The van der Waals surface area contributed by atoms with Crippen LogP contribution in [0.25, 0.3) is 10.8 Å². The van der Waals surface area contributed by atoms with Gasteiger partial charge in [-0.05, 0) is 23.3 Å². The number of hydrogen-bond donors (Lipinski definition) is 2. The van der Waals surface area contributed by atoms with E-state index in [9.17, 15) is 5.11 Å². The molecule has 0 saturated carbocycles. The molecule has 2 rings (SSSR count). The van der Waals surface area contributed by atoms with Gasteiger partial charge in [0.1, 0.15) is 0 Å². The van der Waals surface area contributed by atoms with Crippen molar-refractivity contribution in [1.29, 1.82) is 0 Å². The van der Waals surface area contributed by atoms with Gasteiger partial charge >= 0.3 is 0 Å². The molecule has 0 heterocycles. The molecule has 1 atom stereocenters. The van der Waals surface area contributed by atoms with Crippen LogP contribution >= 0.6 is 0 Å². The van der Waals surface area contributed by atoms with Crippen LogP contribution in [0.3, 0.4) is 0 Å². The summed E-state index contributed by atoms with van der Waals surface area (Å²) in [6.45, 7) is 3.40. The Morgan fingerprint density at radius 3 is 2.63 bits per heavy atom. The molecule has 102 valence electrons. The van der Waals surface area contributed by atoms with E-state index in [0.717, 1.165) is 5.56 Å². The first-order valence-corrected chi connectivity index (χ1v) is 6.54. The van der Waals surface area contributed by atoms with E-state index in [2.05, 4.69) is 29.6 Å². The fourth-order valence-corrected chi connectivity index (χ4v) is 2.37. The van der Waals surface area contributed by atoms with Crippen LogP contribution in [-0.2, 0) is 10.3 Å². The van der Waals surface area contributed by atoms with Crippen molar-refractivity contribution < 1.29 is 9.84 Å². The monoisotopic (exact) mass is 259 g/mol. The van der Waals surface area contributed by atoms with Gasteiger partial charge in [0.2, 0.25) is 0 Å². The Labute approximate surface area is 114 Å². The normalized spacial score (nSPS) is 14.5. The van der Waals surface area contributed by atoms with E-state index in [1.807, 2.05) is 25.1 Å². The fraction of sp³-hybridized carbons (Fsp3) is 0.375. The number of hydrogen-bond acceptors (Lipinski definition) is 3. The van der Waals surface area contributed by atoms with E-state index in [1.54, 1.807) is 7.11 Å². The van der Waals surface area contributed by atoms with E-state index in [0.29, 0.717) is 13.2 Å². The molecule has 0 aliphatic carbocycles. The molecule has 19 heavy (non-hydrogen) atoms. The highest BCUT2D eigenvalue weighted by Crippen LogP contribution is 2.28. The van der Waals surface area contributed by atoms with Crippen LogP contribution < -0.4 is 5.32 Å². The third-order valence-electron chi connectivity index (χ3n) is 3.52. The highest BCUT2D eigenvalue weighted by atomic mass is 16.5. The van der Waals surface area contributed by atoms with Crippen LogP contribution in [0.15, 0.2) is 42.5 Å². The van der Waals surface area contributed by atoms with E-state index >= 15 is 0 Å². The first-order chi connectivity index (χ1) is 9.21. The Morgan fingerprint density at radius 1 is 1.16 bits per heavy atom. The SMILES string of the molecule is COCCNC(C)(CO)c1cccc2ccccc12. The lowest BCUT2D eigenvalue weighted by molar-refractivity contribution is 0.149. The second-order valence-corrected chi connectivity index (χ2v) is 4.94. The smallest absolute Gasteiger partial charge is 0.0652 e. The number of nitrogens with one attached hydrogen (secondary N) is 1. The molecular formula is C16H21NO2. The number of benzene rings is 2. The maximum Gasteiger partial charge on any atom is 0.0652 e. The molecular weight excluding hydrogens is 238 g/mol. The van der Waals surface area contributed by atoms with Gasteiger partial charge in [0.05, 0.1) is 18.8 Å². The van der Waals surface area contributed by atoms with E-state index in [4.69, 9.17) is 4.74 Å². The van der Waals surface area contributed by atoms with Crippen molar-refractivity contribution in [2.75, 3.05) is 26.9 Å². The van der Waals surface area contributed by atoms with Gasteiger partial charge in [-0.25, -0.2) is 0 Å². The van der Waals surface area contributed by atoms with Gasteiger partial charge in [0.15, 0.2) is 0 Å². The number of fused-ring (bicyclic) bond motifs is 1. The maximum absolute atomic E-state index is 9.79. The average Bonchev–Trinajstić information content (AvgIpc) is 2.46. The first kappa shape index (κ1) is 14.0. The van der Waals surface area contributed by atoms with Crippen LogP contribution in [-0.4, -0.2) is 32.0 Å². The summed E-state index contributed by atoms with van der Waals surface area (Å²) in [5.41, 5.74) is 0.656. The van der Waals surface area contributed by atoms with Crippen LogP contribution in [0, 0.1) is 0 Å². The summed E-state index contributed by atoms with van der Waals surface area (Å²) in [6, 6.07) is 14.4. The van der Waals surface area contributed by atoms with Crippen molar-refractivity contribution in [2.24, 2.45) is 0 Å². The molecule has 0 amide bonds. The van der Waals surface area contributed by atoms with E-state index in [1.165, 1.54) is 10.8 Å². The topological polar surface area (TPSA) is 41.5 Å². The predicted octanol–water partition coefficient (Wildman–Crippen LogP) is 2.28. The van der Waals surface area contributed by atoms with Gasteiger partial charge in [0, 0.05) is 13.7 Å². The van der Waals surface area contributed by atoms with Gasteiger partial charge in [-0.2, -0.15) is 0 Å². The zero-order chi connectivity index (χ0) is 13.7. The van der Waals surface area contributed by atoms with E-state index in [-0.39, 0.29) is 6.61 Å². The molecule has 0 aliphatic rings. The molecule has 0 aliphatic heterocycles. The van der Waals surface area contributed by atoms with Crippen LogP contribution in [0.4, 0.5) is 0 Å². The molecule has 2 aromatic rings. The number of methoxy groups -OCH3 is 1. The average molecular weight is 259 g/mol. The fourth-order valence-electron chi connectivity index (χ4n) is 2.37. The highest BCUT2D eigenvalue weighted by molar-refractivity contribution is 5.86. The summed E-state index contributed by atoms with van der Waals surface area (Å²) in [4.78, 5) is 0. The molecule has 0 fully saturated rings. The molecule has 2 N–H and O–H groups in total. The zero-order valence-corrected chi connectivity index (χ0v) is 11.5. The summed E-state index contributed by atoms with van der Waals surface area (Å²) >= 11 is 0. The minimum atomic E-state index is -0.459. The predicted molar refractivity (Wildman–Crippen MR) is 78.3 cm³/mol. The Balaban J connectivity index is 2.39. The zero-order valence-electron chi connectivity index (χ0n) is 11.5. The minimum Gasteiger partial charge on any atom is -0.394 e. The Kier molecular flexibility index (Phi) is 4.53. The lowest BCUT2D eigenvalue weighted by Crippen LogP contribution is -2.44. The van der Waals surface area contributed by atoms with Gasteiger partial charge in [0.25, 0.3) is 0 Å². The molecule has 3 nitrogen and oxygen atoms in total. The van der Waals surface area contributed by atoms with Gasteiger partial charge < -0.3 is 15.2 Å². The number of ether oxygens (including phenoxy) is 1. The maximum atomic E-state index is 9.79. The summed E-state index contributed by atoms with van der Waals surface area (Å²) in [6.07, 6.45) is 0. The Morgan fingerprint density at radius 2 is 1.89 bits per heavy atom. The van der Waals surface area contributed by atoms with Gasteiger partial charge in [-0.15, -0.1) is 0 Å². The molecule has 0 saturated heterocycles. The summed E-state index contributed by atoms with van der Waals surface area (Å²) in [5.74, 6) is 0. The standard InChI is InChI=1S/C16H21NO2/c1-16(12-18,17-10-11-19-2)15-9-5-7-13-6-3-4-8-14(13)15/h3-9,17-18H,10-12H2,1-2H3. The first-order valence-electron chi connectivity index (χ1n) is 6.54. The number of rotatable bonds is 6. The molecule has 3 heteroatoms. The van der Waals surface area contributed by atoms with Gasteiger partial charge in [-0.1, -0.05) is 42.5 Å². The second-order valence-electron chi connectivity index (χ2n) is 4.94. The van der Waals surface area contributed by atoms with Crippen molar-refractivity contribution in [3.8, 4) is 0 Å². The van der Waals surface area contributed by atoms with Crippen molar-refractivity contribution in [3.63, 3.8) is 0 Å². The highest BCUT2D eigenvalue weighted by Gasteiger charge is 2.26. The third kappa shape index (κ3) is 2.95. The van der Waals surface area contributed by atoms with Crippen LogP contribution in [0.1, 0.15) is 12.5 Å². The molecule has 0 bridgehead atoms. The van der Waals surface area contributed by atoms with Crippen molar-refractivity contribution in [1.82, 2.24) is 5.32 Å². The number of aliphatic hydroxyl groups excluding tert-OH is 1. The molecule has 2 aromatic carbocycles. The van der Waals surface area contributed by atoms with Crippen molar-refractivity contribution >= 4 is 10.8 Å². The second kappa shape index (κ2) is 6.15. The molecule has 1 unspecified atom stereocenters. The van der Waals surface area contributed by atoms with Gasteiger partial charge in [-0.3, -0.25) is 0 Å². The molecule has 0 aromatic heterocycles. The molecule has 0 spiro atoms. The Bertz CT molecular complexity index is 536. The van der Waals surface area contributed by atoms with Crippen LogP contribution in [0.2, 0.25) is 0 Å². The summed E-state index contributed by atoms with van der Waals surface area (Å²) < 4.78 is 5.06. The third-order valence-corrected chi connectivity index (χ3v) is 3.52. The van der Waals surface area contributed by atoms with Crippen LogP contribution in [0.5, 0.6) is 0 Å². The lowest BCUT2D eigenvalue weighted by atomic mass is 9.88. The Hall–Kier alpha value is -1.42.